The number of aliphatic hydroxyl groups is 1. The molecular weight excluding hydrogens is 172 g/mol. The summed E-state index contributed by atoms with van der Waals surface area (Å²) in [7, 11) is 0. The monoisotopic (exact) mass is 184 g/mol. The second-order valence-corrected chi connectivity index (χ2v) is 3.30. The molecule has 0 aliphatic rings. The molecule has 0 amide bonds. The molecule has 1 aromatic rings. The molecule has 1 nitrogen and oxygen atoms in total. The first-order chi connectivity index (χ1) is 5.75. The van der Waals surface area contributed by atoms with Gasteiger partial charge in [0.05, 0.1) is 6.10 Å². The van der Waals surface area contributed by atoms with Crippen LogP contribution in [0.1, 0.15) is 18.6 Å². The summed E-state index contributed by atoms with van der Waals surface area (Å²) in [5.41, 5.74) is 0.936. The maximum atomic E-state index is 9.70. The van der Waals surface area contributed by atoms with Gasteiger partial charge in [-0.15, -0.1) is 11.6 Å². The van der Waals surface area contributed by atoms with Gasteiger partial charge in [0.15, 0.2) is 0 Å². The van der Waals surface area contributed by atoms with Crippen LogP contribution in [-0.2, 0) is 0 Å². The van der Waals surface area contributed by atoms with Crippen molar-refractivity contribution in [2.24, 2.45) is 5.92 Å². The van der Waals surface area contributed by atoms with E-state index in [1.54, 1.807) is 0 Å². The topological polar surface area (TPSA) is 20.2 Å². The largest absolute Gasteiger partial charge is 0.388 e. The van der Waals surface area contributed by atoms with E-state index in [1.807, 2.05) is 37.3 Å². The Balaban J connectivity index is 2.71. The molecule has 0 aromatic heterocycles. The highest BCUT2D eigenvalue weighted by Crippen LogP contribution is 2.21. The van der Waals surface area contributed by atoms with Crippen LogP contribution in [0.25, 0.3) is 0 Å². The molecule has 12 heavy (non-hydrogen) atoms. The molecule has 0 fully saturated rings. The van der Waals surface area contributed by atoms with Crippen molar-refractivity contribution in [3.05, 3.63) is 35.9 Å². The van der Waals surface area contributed by atoms with E-state index in [4.69, 9.17) is 11.6 Å². The van der Waals surface area contributed by atoms with Crippen LogP contribution in [0.15, 0.2) is 30.3 Å². The standard InChI is InChI=1S/C10H13ClO/c1-8(7-11)10(12)9-5-3-2-4-6-9/h2-6,8,10,12H,7H2,1H3. The van der Waals surface area contributed by atoms with E-state index in [-0.39, 0.29) is 5.92 Å². The summed E-state index contributed by atoms with van der Waals surface area (Å²) in [4.78, 5) is 0. The third-order valence-electron chi connectivity index (χ3n) is 1.92. The summed E-state index contributed by atoms with van der Waals surface area (Å²) in [6.07, 6.45) is -0.441. The Morgan fingerprint density at radius 1 is 1.33 bits per heavy atom. The quantitative estimate of drug-likeness (QED) is 0.716. The van der Waals surface area contributed by atoms with E-state index in [0.29, 0.717) is 5.88 Å². The predicted molar refractivity (Wildman–Crippen MR) is 51.3 cm³/mol. The van der Waals surface area contributed by atoms with Crippen LogP contribution in [0.4, 0.5) is 0 Å². The van der Waals surface area contributed by atoms with Crippen LogP contribution in [0.5, 0.6) is 0 Å². The fourth-order valence-corrected chi connectivity index (χ4v) is 1.23. The summed E-state index contributed by atoms with van der Waals surface area (Å²) in [6, 6.07) is 9.59. The molecule has 0 radical (unpaired) electrons. The van der Waals surface area contributed by atoms with E-state index >= 15 is 0 Å². The van der Waals surface area contributed by atoms with E-state index in [2.05, 4.69) is 0 Å². The number of halogens is 1. The first kappa shape index (κ1) is 9.56. The highest BCUT2D eigenvalue weighted by atomic mass is 35.5. The lowest BCUT2D eigenvalue weighted by Crippen LogP contribution is -2.10. The maximum Gasteiger partial charge on any atom is 0.0826 e. The van der Waals surface area contributed by atoms with Crippen molar-refractivity contribution in [2.75, 3.05) is 5.88 Å². The Morgan fingerprint density at radius 3 is 2.42 bits per heavy atom. The van der Waals surface area contributed by atoms with E-state index < -0.39 is 6.10 Å². The Bertz CT molecular complexity index is 223. The molecule has 2 atom stereocenters. The number of aliphatic hydroxyl groups excluding tert-OH is 1. The zero-order valence-corrected chi connectivity index (χ0v) is 7.83. The zero-order chi connectivity index (χ0) is 8.97. The number of hydrogen-bond donors (Lipinski definition) is 1. The SMILES string of the molecule is CC(CCl)C(O)c1ccccc1. The molecule has 2 unspecified atom stereocenters. The van der Waals surface area contributed by atoms with Gasteiger partial charge in [-0.2, -0.15) is 0 Å². The summed E-state index contributed by atoms with van der Waals surface area (Å²) in [5, 5.41) is 9.70. The van der Waals surface area contributed by atoms with Gasteiger partial charge in [-0.1, -0.05) is 37.3 Å². The van der Waals surface area contributed by atoms with Gasteiger partial charge in [-0.3, -0.25) is 0 Å². The van der Waals surface area contributed by atoms with Crippen LogP contribution >= 0.6 is 11.6 Å². The predicted octanol–water partition coefficient (Wildman–Crippen LogP) is 2.59. The van der Waals surface area contributed by atoms with Crippen LogP contribution in [0, 0.1) is 5.92 Å². The van der Waals surface area contributed by atoms with E-state index in [0.717, 1.165) is 5.56 Å². The molecule has 0 saturated heterocycles. The summed E-state index contributed by atoms with van der Waals surface area (Å²) in [6.45, 7) is 1.94. The summed E-state index contributed by atoms with van der Waals surface area (Å²) < 4.78 is 0. The van der Waals surface area contributed by atoms with Gasteiger partial charge >= 0.3 is 0 Å². The lowest BCUT2D eigenvalue weighted by molar-refractivity contribution is 0.128. The normalized spacial score (nSPS) is 15.6. The van der Waals surface area contributed by atoms with Gasteiger partial charge in [0.1, 0.15) is 0 Å². The summed E-state index contributed by atoms with van der Waals surface area (Å²) >= 11 is 5.64. The minimum absolute atomic E-state index is 0.106. The average molecular weight is 185 g/mol. The third-order valence-corrected chi connectivity index (χ3v) is 2.41. The fourth-order valence-electron chi connectivity index (χ4n) is 1.06. The van der Waals surface area contributed by atoms with Gasteiger partial charge in [-0.05, 0) is 11.5 Å². The average Bonchev–Trinajstić information content (AvgIpc) is 2.17. The molecule has 1 rings (SSSR count). The molecule has 0 aliphatic heterocycles. The van der Waals surface area contributed by atoms with E-state index in [1.165, 1.54) is 0 Å². The first-order valence-electron chi connectivity index (χ1n) is 4.04. The molecule has 1 aromatic carbocycles. The van der Waals surface area contributed by atoms with Crippen molar-refractivity contribution in [2.45, 2.75) is 13.0 Å². The minimum Gasteiger partial charge on any atom is -0.388 e. The van der Waals surface area contributed by atoms with E-state index in [9.17, 15) is 5.11 Å². The van der Waals surface area contributed by atoms with Crippen LogP contribution in [-0.4, -0.2) is 11.0 Å². The second kappa shape index (κ2) is 4.48. The molecule has 0 aliphatic carbocycles. The molecule has 0 saturated carbocycles. The van der Waals surface area contributed by atoms with Crippen LogP contribution in [0.2, 0.25) is 0 Å². The Morgan fingerprint density at radius 2 is 1.92 bits per heavy atom. The maximum absolute atomic E-state index is 9.70. The molecule has 0 heterocycles. The fraction of sp³-hybridized carbons (Fsp3) is 0.400. The third kappa shape index (κ3) is 2.23. The highest BCUT2D eigenvalue weighted by molar-refractivity contribution is 6.18. The number of benzene rings is 1. The van der Waals surface area contributed by atoms with Crippen molar-refractivity contribution < 1.29 is 5.11 Å². The van der Waals surface area contributed by atoms with Crippen molar-refractivity contribution in [3.8, 4) is 0 Å². The molecular formula is C10H13ClO. The van der Waals surface area contributed by atoms with Gasteiger partial charge in [0.25, 0.3) is 0 Å². The van der Waals surface area contributed by atoms with Crippen molar-refractivity contribution >= 4 is 11.6 Å². The lowest BCUT2D eigenvalue weighted by atomic mass is 9.99. The van der Waals surface area contributed by atoms with Crippen LogP contribution in [0.3, 0.4) is 0 Å². The smallest absolute Gasteiger partial charge is 0.0826 e. The van der Waals surface area contributed by atoms with Crippen molar-refractivity contribution in [1.29, 1.82) is 0 Å². The Hall–Kier alpha value is -0.530. The molecule has 66 valence electrons. The number of rotatable bonds is 3. The second-order valence-electron chi connectivity index (χ2n) is 2.99. The lowest BCUT2D eigenvalue weighted by Gasteiger charge is -2.16. The van der Waals surface area contributed by atoms with Gasteiger partial charge in [-0.25, -0.2) is 0 Å². The Kier molecular flexibility index (Phi) is 3.57. The first-order valence-corrected chi connectivity index (χ1v) is 4.58. The molecule has 0 spiro atoms. The number of alkyl halides is 1. The van der Waals surface area contributed by atoms with Gasteiger partial charge < -0.3 is 5.11 Å². The summed E-state index contributed by atoms with van der Waals surface area (Å²) in [5.74, 6) is 0.588. The number of hydrogen-bond acceptors (Lipinski definition) is 1. The van der Waals surface area contributed by atoms with Crippen molar-refractivity contribution in [3.63, 3.8) is 0 Å². The minimum atomic E-state index is -0.441. The molecule has 2 heteroatoms. The zero-order valence-electron chi connectivity index (χ0n) is 7.07. The molecule has 1 N–H and O–H groups in total. The Labute approximate surface area is 78.0 Å². The van der Waals surface area contributed by atoms with Gasteiger partial charge in [0.2, 0.25) is 0 Å². The highest BCUT2D eigenvalue weighted by Gasteiger charge is 2.14. The van der Waals surface area contributed by atoms with Gasteiger partial charge in [0, 0.05) is 5.88 Å². The van der Waals surface area contributed by atoms with Crippen LogP contribution < -0.4 is 0 Å². The van der Waals surface area contributed by atoms with Crippen molar-refractivity contribution in [1.82, 2.24) is 0 Å². The molecule has 0 bridgehead atoms.